The van der Waals surface area contributed by atoms with E-state index in [0.29, 0.717) is 11.1 Å². The molecule has 1 saturated heterocycles. The van der Waals surface area contributed by atoms with Gasteiger partial charge in [0.2, 0.25) is 5.91 Å². The van der Waals surface area contributed by atoms with E-state index in [-0.39, 0.29) is 24.5 Å². The van der Waals surface area contributed by atoms with Crippen molar-refractivity contribution >= 4 is 23.5 Å². The fourth-order valence-electron chi connectivity index (χ4n) is 3.59. The van der Waals surface area contributed by atoms with Gasteiger partial charge in [0.05, 0.1) is 12.0 Å². The first kappa shape index (κ1) is 23.6. The summed E-state index contributed by atoms with van der Waals surface area (Å²) in [6, 6.07) is 8.83. The van der Waals surface area contributed by atoms with Crippen LogP contribution in [0.5, 0.6) is 5.75 Å². The number of non-ortho nitro benzene ring substituents is 1. The number of nitrogens with zero attached hydrogens (tertiary/aromatic N) is 3. The lowest BCUT2D eigenvalue weighted by Crippen LogP contribution is -2.44. The summed E-state index contributed by atoms with van der Waals surface area (Å²) >= 11 is 0. The minimum atomic E-state index is -1.47. The molecule has 3 rings (SSSR count). The molecule has 1 aliphatic rings. The molecule has 1 atom stereocenters. The van der Waals surface area contributed by atoms with Crippen LogP contribution in [0, 0.1) is 15.9 Å². The number of ether oxygens (including phenoxy) is 1. The molecule has 1 fully saturated rings. The first-order chi connectivity index (χ1) is 15.6. The monoisotopic (exact) mass is 458 g/mol. The molecule has 174 valence electrons. The van der Waals surface area contributed by atoms with E-state index in [9.17, 15) is 28.9 Å². The number of halogens is 1. The zero-order valence-corrected chi connectivity index (χ0v) is 18.3. The molecule has 0 aliphatic carbocycles. The highest BCUT2D eigenvalue weighted by molar-refractivity contribution is 6.09. The van der Waals surface area contributed by atoms with Gasteiger partial charge in [0.1, 0.15) is 12.1 Å². The number of hydrogen-bond donors (Lipinski definition) is 1. The molecule has 33 heavy (non-hydrogen) atoms. The van der Waals surface area contributed by atoms with Crippen molar-refractivity contribution in [1.82, 2.24) is 15.1 Å². The van der Waals surface area contributed by atoms with Crippen LogP contribution in [0.2, 0.25) is 0 Å². The van der Waals surface area contributed by atoms with Crippen LogP contribution >= 0.6 is 0 Å². The van der Waals surface area contributed by atoms with Crippen LogP contribution in [0.4, 0.5) is 14.9 Å². The number of nitro benzene ring substituents is 1. The van der Waals surface area contributed by atoms with Gasteiger partial charge in [-0.1, -0.05) is 6.07 Å². The van der Waals surface area contributed by atoms with Crippen LogP contribution in [0.3, 0.4) is 0 Å². The van der Waals surface area contributed by atoms with Gasteiger partial charge in [-0.3, -0.25) is 24.6 Å². The lowest BCUT2D eigenvalue weighted by Gasteiger charge is -2.25. The number of imide groups is 1. The minimum Gasteiger partial charge on any atom is -0.494 e. The third kappa shape index (κ3) is 4.61. The second-order valence-corrected chi connectivity index (χ2v) is 7.63. The van der Waals surface area contributed by atoms with Gasteiger partial charge in [0.25, 0.3) is 11.6 Å². The minimum absolute atomic E-state index is 0.0815. The fourth-order valence-corrected chi connectivity index (χ4v) is 3.59. The van der Waals surface area contributed by atoms with E-state index in [1.165, 1.54) is 55.3 Å². The van der Waals surface area contributed by atoms with Crippen LogP contribution in [-0.4, -0.2) is 52.8 Å². The molecule has 4 amide bonds. The quantitative estimate of drug-likeness (QED) is 0.369. The largest absolute Gasteiger partial charge is 0.494 e. The number of benzene rings is 2. The van der Waals surface area contributed by atoms with Crippen molar-refractivity contribution in [2.24, 2.45) is 0 Å². The highest BCUT2D eigenvalue weighted by Gasteiger charge is 2.49. The molecule has 1 unspecified atom stereocenters. The molecular formula is C22H23FN4O6. The van der Waals surface area contributed by atoms with Gasteiger partial charge in [-0.15, -0.1) is 0 Å². The van der Waals surface area contributed by atoms with E-state index < -0.39 is 40.7 Å². The van der Waals surface area contributed by atoms with Crippen LogP contribution in [0.25, 0.3) is 0 Å². The molecule has 2 aromatic carbocycles. The predicted octanol–water partition coefficient (Wildman–Crippen LogP) is 2.56. The van der Waals surface area contributed by atoms with Crippen molar-refractivity contribution in [2.45, 2.75) is 25.9 Å². The van der Waals surface area contributed by atoms with E-state index in [2.05, 4.69) is 5.32 Å². The standard InChI is InChI=1S/C22H23FN4O6/c1-4-25(12-14-5-10-18(33-3)17(23)11-14)19(28)13-26-20(29)22(2,24-21(26)30)15-6-8-16(9-7-15)27(31)32/h5-11H,4,12-13H2,1-3H3,(H,24,30). The lowest BCUT2D eigenvalue weighted by atomic mass is 9.92. The molecule has 0 saturated carbocycles. The molecule has 1 N–H and O–H groups in total. The Hall–Kier alpha value is -4.02. The number of nitrogens with one attached hydrogen (secondary N) is 1. The van der Waals surface area contributed by atoms with Crippen molar-refractivity contribution in [3.8, 4) is 5.75 Å². The van der Waals surface area contributed by atoms with E-state index in [0.717, 1.165) is 4.90 Å². The molecule has 11 heteroatoms. The van der Waals surface area contributed by atoms with Crippen LogP contribution in [0.1, 0.15) is 25.0 Å². The first-order valence-corrected chi connectivity index (χ1v) is 10.1. The number of carbonyl (C=O) groups is 3. The third-order valence-corrected chi connectivity index (χ3v) is 5.55. The average Bonchev–Trinajstić information content (AvgIpc) is 3.01. The highest BCUT2D eigenvalue weighted by atomic mass is 19.1. The number of hydrogen-bond acceptors (Lipinski definition) is 6. The number of likely N-dealkylation sites (N-methyl/N-ethyl adjacent to an activating group) is 1. The van der Waals surface area contributed by atoms with Gasteiger partial charge in [-0.25, -0.2) is 9.18 Å². The van der Waals surface area contributed by atoms with E-state index >= 15 is 0 Å². The van der Waals surface area contributed by atoms with E-state index in [1.54, 1.807) is 13.0 Å². The Bertz CT molecular complexity index is 1110. The number of amides is 4. The summed E-state index contributed by atoms with van der Waals surface area (Å²) in [5.74, 6) is -1.63. The topological polar surface area (TPSA) is 122 Å². The van der Waals surface area contributed by atoms with Gasteiger partial charge in [-0.2, -0.15) is 0 Å². The average molecular weight is 458 g/mol. The Kier molecular flexibility index (Phi) is 6.61. The van der Waals surface area contributed by atoms with Crippen molar-refractivity contribution in [2.75, 3.05) is 20.2 Å². The zero-order valence-electron chi connectivity index (χ0n) is 18.3. The normalized spacial score (nSPS) is 17.6. The molecule has 0 aromatic heterocycles. The summed E-state index contributed by atoms with van der Waals surface area (Å²) in [6.45, 7) is 3.05. The SMILES string of the molecule is CCN(Cc1ccc(OC)c(F)c1)C(=O)CN1C(=O)NC(C)(c2ccc([N+](=O)[O-])cc2)C1=O. The maximum Gasteiger partial charge on any atom is 0.325 e. The maximum absolute atomic E-state index is 14.0. The number of methoxy groups -OCH3 is 1. The molecule has 0 radical (unpaired) electrons. The molecule has 2 aromatic rings. The molecule has 1 aliphatic heterocycles. The Balaban J connectivity index is 1.74. The summed E-state index contributed by atoms with van der Waals surface area (Å²) < 4.78 is 18.9. The summed E-state index contributed by atoms with van der Waals surface area (Å²) in [7, 11) is 1.35. The van der Waals surface area contributed by atoms with Gasteiger partial charge >= 0.3 is 6.03 Å². The van der Waals surface area contributed by atoms with Crippen LogP contribution < -0.4 is 10.1 Å². The maximum atomic E-state index is 14.0. The summed E-state index contributed by atoms with van der Waals surface area (Å²) in [5.41, 5.74) is -0.749. The van der Waals surface area contributed by atoms with E-state index in [1.807, 2.05) is 0 Å². The second-order valence-electron chi connectivity index (χ2n) is 7.63. The number of carbonyl (C=O) groups excluding carboxylic acids is 3. The van der Waals surface area contributed by atoms with Crippen LogP contribution in [0.15, 0.2) is 42.5 Å². The summed E-state index contributed by atoms with van der Waals surface area (Å²) in [5, 5.41) is 13.4. The van der Waals surface area contributed by atoms with E-state index in [4.69, 9.17) is 4.74 Å². The Morgan fingerprint density at radius 3 is 2.45 bits per heavy atom. The summed E-state index contributed by atoms with van der Waals surface area (Å²) in [6.07, 6.45) is 0. The molecule has 0 bridgehead atoms. The highest BCUT2D eigenvalue weighted by Crippen LogP contribution is 2.30. The molecule has 1 heterocycles. The Morgan fingerprint density at radius 1 is 1.24 bits per heavy atom. The zero-order chi connectivity index (χ0) is 24.3. The Labute approximate surface area is 189 Å². The second kappa shape index (κ2) is 9.23. The van der Waals surface area contributed by atoms with Crippen molar-refractivity contribution in [3.63, 3.8) is 0 Å². The van der Waals surface area contributed by atoms with Crippen LogP contribution in [-0.2, 0) is 21.7 Å². The first-order valence-electron chi connectivity index (χ1n) is 10.1. The molecular weight excluding hydrogens is 435 g/mol. The summed E-state index contributed by atoms with van der Waals surface area (Å²) in [4.78, 5) is 50.9. The predicted molar refractivity (Wildman–Crippen MR) is 115 cm³/mol. The van der Waals surface area contributed by atoms with Gasteiger partial charge < -0.3 is 15.0 Å². The Morgan fingerprint density at radius 2 is 1.91 bits per heavy atom. The number of nitro groups is 1. The number of urea groups is 1. The van der Waals surface area contributed by atoms with Crippen molar-refractivity contribution in [1.29, 1.82) is 0 Å². The molecule has 0 spiro atoms. The third-order valence-electron chi connectivity index (χ3n) is 5.55. The van der Waals surface area contributed by atoms with Gasteiger partial charge in [-0.05, 0) is 49.2 Å². The smallest absolute Gasteiger partial charge is 0.325 e. The number of rotatable bonds is 8. The van der Waals surface area contributed by atoms with Gasteiger partial charge in [0, 0.05) is 25.2 Å². The van der Waals surface area contributed by atoms with Gasteiger partial charge in [0.15, 0.2) is 11.6 Å². The van der Waals surface area contributed by atoms with Crippen molar-refractivity contribution in [3.05, 3.63) is 69.5 Å². The fraction of sp³-hybridized carbons (Fsp3) is 0.318. The van der Waals surface area contributed by atoms with Crippen molar-refractivity contribution < 1.29 is 28.4 Å². The lowest BCUT2D eigenvalue weighted by molar-refractivity contribution is -0.384. The molecule has 10 nitrogen and oxygen atoms in total.